The number of hydrogen-bond donors (Lipinski definition) is 0. The van der Waals surface area contributed by atoms with Crippen LogP contribution in [0.25, 0.3) is 6.08 Å². The summed E-state index contributed by atoms with van der Waals surface area (Å²) in [5.74, 6) is 1.12. The second-order valence-corrected chi connectivity index (χ2v) is 8.96. The predicted octanol–water partition coefficient (Wildman–Crippen LogP) is 3.01. The van der Waals surface area contributed by atoms with Crippen molar-refractivity contribution in [2.24, 2.45) is 4.99 Å². The summed E-state index contributed by atoms with van der Waals surface area (Å²) in [7, 11) is 1.30. The van der Waals surface area contributed by atoms with E-state index in [0.29, 0.717) is 45.4 Å². The van der Waals surface area contributed by atoms with E-state index in [9.17, 15) is 9.59 Å². The van der Waals surface area contributed by atoms with Crippen LogP contribution in [-0.4, -0.2) is 30.9 Å². The fourth-order valence-corrected chi connectivity index (χ4v) is 4.91. The van der Waals surface area contributed by atoms with Crippen molar-refractivity contribution in [3.63, 3.8) is 0 Å². The molecule has 172 valence electrons. The van der Waals surface area contributed by atoms with Crippen LogP contribution in [0.4, 0.5) is 0 Å². The maximum atomic E-state index is 13.4. The monoisotopic (exact) mass is 580 g/mol. The number of halogens is 1. The zero-order valence-electron chi connectivity index (χ0n) is 18.2. The number of hydrogen-bond acceptors (Lipinski definition) is 8. The topological polar surface area (TPSA) is 92.3 Å². The molecule has 0 unspecified atom stereocenters. The molecule has 3 aromatic rings. The first-order valence-electron chi connectivity index (χ1n) is 10.2. The van der Waals surface area contributed by atoms with E-state index in [1.54, 1.807) is 24.3 Å². The van der Waals surface area contributed by atoms with Gasteiger partial charge in [-0.25, -0.2) is 9.79 Å². The minimum atomic E-state index is -0.734. The van der Waals surface area contributed by atoms with Gasteiger partial charge in [-0.3, -0.25) is 9.36 Å². The number of methoxy groups -OCH3 is 1. The zero-order valence-corrected chi connectivity index (χ0v) is 21.1. The number of thiazole rings is 1. The molecule has 0 amide bonds. The number of ether oxygens (including phenoxy) is 3. The number of fused-ring (bicyclic) bond motifs is 1. The molecule has 2 aromatic heterocycles. The Bertz CT molecular complexity index is 1400. The molecular formula is C23H21IN2O6S. The summed E-state index contributed by atoms with van der Waals surface area (Å²) < 4.78 is 24.7. The van der Waals surface area contributed by atoms with Crippen LogP contribution in [0.3, 0.4) is 0 Å². The highest BCUT2D eigenvalue weighted by molar-refractivity contribution is 14.1. The summed E-state index contributed by atoms with van der Waals surface area (Å²) in [5.41, 5.74) is 0.640. The van der Waals surface area contributed by atoms with Gasteiger partial charge in [0, 0.05) is 12.3 Å². The molecule has 1 aliphatic heterocycles. The third-order valence-electron chi connectivity index (χ3n) is 4.88. The first-order valence-corrected chi connectivity index (χ1v) is 12.1. The van der Waals surface area contributed by atoms with E-state index >= 15 is 0 Å². The van der Waals surface area contributed by atoms with E-state index in [-0.39, 0.29) is 11.1 Å². The molecule has 1 aromatic carbocycles. The van der Waals surface area contributed by atoms with Gasteiger partial charge in [0.1, 0.15) is 5.76 Å². The van der Waals surface area contributed by atoms with Gasteiger partial charge in [-0.1, -0.05) is 17.4 Å². The number of benzene rings is 1. The number of nitrogens with zero attached hydrogens (tertiary/aromatic N) is 2. The van der Waals surface area contributed by atoms with Gasteiger partial charge in [0.25, 0.3) is 5.56 Å². The van der Waals surface area contributed by atoms with E-state index in [1.165, 1.54) is 29.2 Å². The van der Waals surface area contributed by atoms with Crippen LogP contribution in [0.15, 0.2) is 56.3 Å². The molecule has 8 nitrogen and oxygen atoms in total. The SMILES string of the molecule is CCOc1ccc([C@@H]2C(C(=O)OC)=CN=c3s/c(=C\c4ccc(I)o4)c(=O)n32)cc1OCC. The molecule has 33 heavy (non-hydrogen) atoms. The van der Waals surface area contributed by atoms with Crippen molar-refractivity contribution < 1.29 is 23.4 Å². The van der Waals surface area contributed by atoms with E-state index in [1.807, 2.05) is 26.0 Å². The third kappa shape index (κ3) is 4.62. The van der Waals surface area contributed by atoms with Gasteiger partial charge in [-0.15, -0.1) is 0 Å². The number of carbonyl (C=O) groups excluding carboxylic acids is 1. The molecule has 4 rings (SSSR count). The number of rotatable bonds is 7. The Balaban J connectivity index is 1.90. The van der Waals surface area contributed by atoms with Crippen molar-refractivity contribution in [2.45, 2.75) is 19.9 Å². The maximum absolute atomic E-state index is 13.4. The predicted molar refractivity (Wildman–Crippen MR) is 131 cm³/mol. The van der Waals surface area contributed by atoms with Gasteiger partial charge in [0.2, 0.25) is 0 Å². The molecule has 0 aliphatic carbocycles. The van der Waals surface area contributed by atoms with Crippen molar-refractivity contribution in [3.05, 3.63) is 76.9 Å². The van der Waals surface area contributed by atoms with Crippen LogP contribution in [0.5, 0.6) is 11.5 Å². The van der Waals surface area contributed by atoms with Crippen molar-refractivity contribution in [1.29, 1.82) is 0 Å². The quantitative estimate of drug-likeness (QED) is 0.315. The van der Waals surface area contributed by atoms with Gasteiger partial charge in [-0.2, -0.15) is 0 Å². The summed E-state index contributed by atoms with van der Waals surface area (Å²) in [6.07, 6.45) is 3.13. The second kappa shape index (κ2) is 9.96. The molecule has 1 atom stereocenters. The highest BCUT2D eigenvalue weighted by Gasteiger charge is 2.31. The van der Waals surface area contributed by atoms with Gasteiger partial charge in [0.05, 0.1) is 36.5 Å². The fraction of sp³-hybridized carbons (Fsp3) is 0.261. The zero-order chi connectivity index (χ0) is 23.5. The standard InChI is InChI=1S/C23H21IN2O6S/c1-4-30-16-8-6-13(10-17(16)31-5-2)20-15(22(28)29-3)12-25-23-26(20)21(27)18(33-23)11-14-7-9-19(24)32-14/h6-12,20H,4-5H2,1-3H3/b18-11-/t20-/m1/s1. The lowest BCUT2D eigenvalue weighted by atomic mass is 9.97. The summed E-state index contributed by atoms with van der Waals surface area (Å²) in [6, 6.07) is 8.25. The molecule has 0 saturated carbocycles. The molecule has 3 heterocycles. The average Bonchev–Trinajstić information content (AvgIpc) is 3.36. The number of carbonyl (C=O) groups is 1. The van der Waals surface area contributed by atoms with E-state index < -0.39 is 12.0 Å². The molecule has 10 heteroatoms. The number of furan rings is 1. The number of esters is 1. The summed E-state index contributed by atoms with van der Waals surface area (Å²) >= 11 is 3.29. The van der Waals surface area contributed by atoms with E-state index in [4.69, 9.17) is 18.6 Å². The minimum absolute atomic E-state index is 0.246. The van der Waals surface area contributed by atoms with E-state index in [2.05, 4.69) is 27.6 Å². The van der Waals surface area contributed by atoms with Crippen molar-refractivity contribution in [1.82, 2.24) is 4.57 Å². The molecule has 0 fully saturated rings. The molecule has 0 bridgehead atoms. The first kappa shape index (κ1) is 23.3. The average molecular weight is 580 g/mol. The third-order valence-corrected chi connectivity index (χ3v) is 6.45. The highest BCUT2D eigenvalue weighted by Crippen LogP contribution is 2.35. The normalized spacial score (nSPS) is 15.5. The van der Waals surface area contributed by atoms with Crippen LogP contribution >= 0.6 is 33.9 Å². The van der Waals surface area contributed by atoms with Crippen molar-refractivity contribution in [3.8, 4) is 11.5 Å². The van der Waals surface area contributed by atoms with Gasteiger partial charge in [-0.05, 0) is 66.3 Å². The minimum Gasteiger partial charge on any atom is -0.490 e. The van der Waals surface area contributed by atoms with Crippen molar-refractivity contribution in [2.75, 3.05) is 20.3 Å². The fourth-order valence-electron chi connectivity index (χ4n) is 3.52. The molecule has 0 radical (unpaired) electrons. The van der Waals surface area contributed by atoms with Crippen LogP contribution in [-0.2, 0) is 9.53 Å². The van der Waals surface area contributed by atoms with Gasteiger partial charge < -0.3 is 18.6 Å². The van der Waals surface area contributed by atoms with Gasteiger partial charge in [0.15, 0.2) is 20.1 Å². The maximum Gasteiger partial charge on any atom is 0.337 e. The Labute approximate surface area is 206 Å². The molecule has 0 N–H and O–H groups in total. The van der Waals surface area contributed by atoms with Crippen molar-refractivity contribution >= 4 is 46.0 Å². The lowest BCUT2D eigenvalue weighted by Crippen LogP contribution is -2.39. The largest absolute Gasteiger partial charge is 0.490 e. The summed E-state index contributed by atoms with van der Waals surface area (Å²) in [5, 5.41) is 0. The van der Waals surface area contributed by atoms with Crippen LogP contribution in [0, 0.1) is 3.77 Å². The Hall–Kier alpha value is -2.86. The Morgan fingerprint density at radius 3 is 2.64 bits per heavy atom. The Morgan fingerprint density at radius 2 is 1.97 bits per heavy atom. The second-order valence-electron chi connectivity index (χ2n) is 6.89. The Kier molecular flexibility index (Phi) is 7.03. The summed E-state index contributed by atoms with van der Waals surface area (Å²) in [4.78, 5) is 30.9. The summed E-state index contributed by atoms with van der Waals surface area (Å²) in [6.45, 7) is 4.68. The lowest BCUT2D eigenvalue weighted by Gasteiger charge is -2.23. The molecule has 1 aliphatic rings. The molecular weight excluding hydrogens is 559 g/mol. The molecule has 0 spiro atoms. The smallest absolute Gasteiger partial charge is 0.337 e. The van der Waals surface area contributed by atoms with E-state index in [0.717, 1.165) is 3.77 Å². The number of aromatic nitrogens is 1. The van der Waals surface area contributed by atoms with Crippen LogP contribution in [0.2, 0.25) is 0 Å². The van der Waals surface area contributed by atoms with Crippen LogP contribution < -0.4 is 24.4 Å². The first-order chi connectivity index (χ1) is 16.0. The van der Waals surface area contributed by atoms with Crippen LogP contribution in [0.1, 0.15) is 31.2 Å². The van der Waals surface area contributed by atoms with Gasteiger partial charge >= 0.3 is 5.97 Å². The Morgan fingerprint density at radius 1 is 1.21 bits per heavy atom. The lowest BCUT2D eigenvalue weighted by molar-refractivity contribution is -0.136. The highest BCUT2D eigenvalue weighted by atomic mass is 127. The molecule has 0 saturated heterocycles.